The molecule has 0 aliphatic rings. The van der Waals surface area contributed by atoms with Crippen molar-refractivity contribution in [3.63, 3.8) is 0 Å². The third-order valence-corrected chi connectivity index (χ3v) is 4.49. The molecule has 0 bridgehead atoms. The van der Waals surface area contributed by atoms with Gasteiger partial charge in [-0.1, -0.05) is 47.7 Å². The summed E-state index contributed by atoms with van der Waals surface area (Å²) in [6.07, 6.45) is 1.05. The van der Waals surface area contributed by atoms with E-state index < -0.39 is 0 Å². The molecule has 1 heteroatoms. The van der Waals surface area contributed by atoms with Crippen molar-refractivity contribution >= 4 is 15.4 Å². The molecule has 0 nitrogen and oxygen atoms in total. The van der Waals surface area contributed by atoms with E-state index in [4.69, 9.17) is 0 Å². The second-order valence-electron chi connectivity index (χ2n) is 4.45. The number of hydrogen-bond acceptors (Lipinski definition) is 0. The first-order chi connectivity index (χ1) is 7.68. The van der Waals surface area contributed by atoms with Crippen LogP contribution in [0.2, 0.25) is 0 Å². The Bertz CT molecular complexity index is 486. The fourth-order valence-corrected chi connectivity index (χ4v) is 2.56. The first-order valence-electron chi connectivity index (χ1n) is 5.78. The van der Waals surface area contributed by atoms with Gasteiger partial charge >= 0.3 is 0 Å². The Balaban J connectivity index is 2.33. The average Bonchev–Trinajstić information content (AvgIpc) is 2.31. The Morgan fingerprint density at radius 1 is 0.875 bits per heavy atom. The first kappa shape index (κ1) is 11.2. The lowest BCUT2D eigenvalue weighted by Crippen LogP contribution is -2.10. The maximum atomic E-state index is 2.29. The lowest BCUT2D eigenvalue weighted by molar-refractivity contribution is 1.14. The van der Waals surface area contributed by atoms with Gasteiger partial charge in [0.2, 0.25) is 0 Å². The SMILES string of the molecule is Cc1c([SiH3])ccc(Cc2ccccc2)c1C. The number of hydrogen-bond donors (Lipinski definition) is 0. The van der Waals surface area contributed by atoms with Gasteiger partial charge in [0.15, 0.2) is 0 Å². The Morgan fingerprint density at radius 2 is 1.56 bits per heavy atom. The molecule has 0 unspecified atom stereocenters. The monoisotopic (exact) mass is 226 g/mol. The quantitative estimate of drug-likeness (QED) is 0.686. The van der Waals surface area contributed by atoms with Crippen LogP contribution in [0.4, 0.5) is 0 Å². The zero-order chi connectivity index (χ0) is 11.5. The molecule has 2 rings (SSSR count). The highest BCUT2D eigenvalue weighted by molar-refractivity contribution is 6.33. The Morgan fingerprint density at radius 3 is 2.25 bits per heavy atom. The third kappa shape index (κ3) is 2.25. The molecule has 0 fully saturated rings. The summed E-state index contributed by atoms with van der Waals surface area (Å²) in [5, 5.41) is 1.52. The molecule has 0 aromatic heterocycles. The molecule has 0 saturated heterocycles. The molecule has 0 atom stereocenters. The Hall–Kier alpha value is -1.34. The van der Waals surface area contributed by atoms with Gasteiger partial charge in [-0.3, -0.25) is 0 Å². The predicted molar refractivity (Wildman–Crippen MR) is 74.7 cm³/mol. The van der Waals surface area contributed by atoms with Crippen LogP contribution in [0.3, 0.4) is 0 Å². The minimum atomic E-state index is 1.05. The van der Waals surface area contributed by atoms with Crippen LogP contribution in [0.1, 0.15) is 22.3 Å². The van der Waals surface area contributed by atoms with Crippen LogP contribution < -0.4 is 5.19 Å². The zero-order valence-corrected chi connectivity index (χ0v) is 12.2. The second kappa shape index (κ2) is 4.66. The minimum absolute atomic E-state index is 1.05. The van der Waals surface area contributed by atoms with E-state index in [1.54, 1.807) is 0 Å². The summed E-state index contributed by atoms with van der Waals surface area (Å²) in [5.41, 5.74) is 5.81. The molecule has 0 aliphatic heterocycles. The summed E-state index contributed by atoms with van der Waals surface area (Å²) < 4.78 is 0. The molecule has 0 amide bonds. The number of rotatable bonds is 2. The van der Waals surface area contributed by atoms with E-state index in [1.807, 2.05) is 0 Å². The van der Waals surface area contributed by atoms with Gasteiger partial charge in [-0.2, -0.15) is 0 Å². The molecule has 0 radical (unpaired) electrons. The van der Waals surface area contributed by atoms with E-state index >= 15 is 0 Å². The molecule has 0 N–H and O–H groups in total. The maximum absolute atomic E-state index is 2.29. The number of benzene rings is 2. The van der Waals surface area contributed by atoms with Crippen LogP contribution in [-0.2, 0) is 6.42 Å². The van der Waals surface area contributed by atoms with Crippen LogP contribution in [0.15, 0.2) is 42.5 Å². The second-order valence-corrected chi connectivity index (χ2v) is 5.53. The molecule has 0 heterocycles. The highest BCUT2D eigenvalue weighted by Gasteiger charge is 2.04. The molecule has 2 aromatic rings. The van der Waals surface area contributed by atoms with Crippen molar-refractivity contribution in [1.82, 2.24) is 0 Å². The van der Waals surface area contributed by atoms with Gasteiger partial charge in [-0.15, -0.1) is 0 Å². The highest BCUT2D eigenvalue weighted by Crippen LogP contribution is 2.15. The van der Waals surface area contributed by atoms with Crippen LogP contribution in [0.5, 0.6) is 0 Å². The van der Waals surface area contributed by atoms with Crippen molar-refractivity contribution in [2.75, 3.05) is 0 Å². The standard InChI is InChI=1S/C15H18Si/c1-11-12(2)15(16)9-8-14(11)10-13-6-4-3-5-7-13/h3-9H,10H2,1-2,16H3. The predicted octanol–water partition coefficient (Wildman–Crippen LogP) is 1.88. The van der Waals surface area contributed by atoms with Gasteiger partial charge < -0.3 is 0 Å². The van der Waals surface area contributed by atoms with Gasteiger partial charge in [0, 0.05) is 10.2 Å². The van der Waals surface area contributed by atoms with Gasteiger partial charge in [0.25, 0.3) is 0 Å². The molecular weight excluding hydrogens is 208 g/mol. The van der Waals surface area contributed by atoms with Crippen molar-refractivity contribution in [3.05, 3.63) is 64.7 Å². The lowest BCUT2D eigenvalue weighted by Gasteiger charge is -2.11. The van der Waals surface area contributed by atoms with Gasteiger partial charge in [-0.05, 0) is 42.5 Å². The molecular formula is C15H18Si. The fraction of sp³-hybridized carbons (Fsp3) is 0.200. The molecule has 0 spiro atoms. The normalized spacial score (nSPS) is 10.6. The maximum Gasteiger partial charge on any atom is 0.0388 e. The van der Waals surface area contributed by atoms with Gasteiger partial charge in [0.05, 0.1) is 0 Å². The van der Waals surface area contributed by atoms with Crippen LogP contribution in [0, 0.1) is 13.8 Å². The molecule has 2 aromatic carbocycles. The third-order valence-electron chi connectivity index (χ3n) is 3.41. The topological polar surface area (TPSA) is 0 Å². The van der Waals surface area contributed by atoms with E-state index in [0.29, 0.717) is 0 Å². The molecule has 82 valence electrons. The Kier molecular flexibility index (Phi) is 3.25. The van der Waals surface area contributed by atoms with Crippen LogP contribution in [0.25, 0.3) is 0 Å². The summed E-state index contributed by atoms with van der Waals surface area (Å²) in [4.78, 5) is 0. The molecule has 0 saturated carbocycles. The van der Waals surface area contributed by atoms with Gasteiger partial charge in [-0.25, -0.2) is 0 Å². The summed E-state index contributed by atoms with van der Waals surface area (Å²) in [7, 11) is 1.15. The summed E-state index contributed by atoms with van der Waals surface area (Å²) >= 11 is 0. The highest BCUT2D eigenvalue weighted by atomic mass is 28.1. The molecule has 0 aliphatic carbocycles. The van der Waals surface area contributed by atoms with Crippen LogP contribution in [-0.4, -0.2) is 10.2 Å². The van der Waals surface area contributed by atoms with Crippen LogP contribution >= 0.6 is 0 Å². The molecule has 16 heavy (non-hydrogen) atoms. The largest absolute Gasteiger partial charge is 0.0676 e. The van der Waals surface area contributed by atoms with E-state index in [-0.39, 0.29) is 0 Å². The van der Waals surface area contributed by atoms with Gasteiger partial charge in [0.1, 0.15) is 0 Å². The zero-order valence-electron chi connectivity index (χ0n) is 10.2. The van der Waals surface area contributed by atoms with E-state index in [9.17, 15) is 0 Å². The average molecular weight is 226 g/mol. The smallest absolute Gasteiger partial charge is 0.0388 e. The van der Waals surface area contributed by atoms with E-state index in [2.05, 4.69) is 56.3 Å². The summed E-state index contributed by atoms with van der Waals surface area (Å²) in [5.74, 6) is 0. The van der Waals surface area contributed by atoms with Crippen molar-refractivity contribution < 1.29 is 0 Å². The van der Waals surface area contributed by atoms with Crippen molar-refractivity contribution in [3.8, 4) is 0 Å². The first-order valence-corrected chi connectivity index (χ1v) is 6.78. The Labute approximate surface area is 101 Å². The summed E-state index contributed by atoms with van der Waals surface area (Å²) in [6, 6.07) is 15.3. The summed E-state index contributed by atoms with van der Waals surface area (Å²) in [6.45, 7) is 4.49. The van der Waals surface area contributed by atoms with E-state index in [0.717, 1.165) is 16.7 Å². The fourth-order valence-electron chi connectivity index (χ4n) is 2.02. The van der Waals surface area contributed by atoms with Crippen molar-refractivity contribution in [2.45, 2.75) is 20.3 Å². The van der Waals surface area contributed by atoms with Crippen molar-refractivity contribution in [1.29, 1.82) is 0 Å². The van der Waals surface area contributed by atoms with Crippen molar-refractivity contribution in [2.24, 2.45) is 0 Å². The minimum Gasteiger partial charge on any atom is -0.0676 e. The lowest BCUT2D eigenvalue weighted by atomic mass is 9.97. The van der Waals surface area contributed by atoms with E-state index in [1.165, 1.54) is 27.4 Å².